The number of primary amides is 1. The summed E-state index contributed by atoms with van der Waals surface area (Å²) in [5, 5.41) is 0.218. The Morgan fingerprint density at radius 3 is 2.59 bits per heavy atom. The van der Waals surface area contributed by atoms with Crippen LogP contribution in [0.15, 0.2) is 59.7 Å². The second kappa shape index (κ2) is 7.77. The standard InChI is InChI=1S/C19H17FN4O3/c20-13-6-7-15-16(10-13)22-12-23(19(15)27)11-18(26)24(9-8-17(21)25)14-4-2-1-3-5-14/h1-7,10,12H,8-9,11H2,(H2,21,25). The number of rotatable bonds is 6. The summed E-state index contributed by atoms with van der Waals surface area (Å²) >= 11 is 0. The van der Waals surface area contributed by atoms with Gasteiger partial charge in [0.15, 0.2) is 0 Å². The average molecular weight is 368 g/mol. The molecule has 0 aliphatic heterocycles. The molecule has 0 spiro atoms. The number of nitrogens with two attached hydrogens (primary N) is 1. The first-order chi connectivity index (χ1) is 13.0. The molecule has 0 aliphatic rings. The third kappa shape index (κ3) is 4.17. The van der Waals surface area contributed by atoms with Gasteiger partial charge in [0, 0.05) is 24.7 Å². The lowest BCUT2D eigenvalue weighted by atomic mass is 10.2. The number of fused-ring (bicyclic) bond motifs is 1. The van der Waals surface area contributed by atoms with E-state index < -0.39 is 23.2 Å². The SMILES string of the molecule is NC(=O)CCN(C(=O)Cn1cnc2cc(F)ccc2c1=O)c1ccccc1. The third-order valence-electron chi connectivity index (χ3n) is 4.04. The number of nitrogens with zero attached hydrogens (tertiary/aromatic N) is 3. The zero-order valence-electron chi connectivity index (χ0n) is 14.3. The van der Waals surface area contributed by atoms with E-state index >= 15 is 0 Å². The molecule has 27 heavy (non-hydrogen) atoms. The number of halogens is 1. The molecule has 0 saturated heterocycles. The number of para-hydroxylation sites is 1. The normalized spacial score (nSPS) is 10.7. The van der Waals surface area contributed by atoms with Gasteiger partial charge in [-0.05, 0) is 24.3 Å². The molecular formula is C19H17FN4O3. The van der Waals surface area contributed by atoms with E-state index in [1.54, 1.807) is 30.3 Å². The summed E-state index contributed by atoms with van der Waals surface area (Å²) in [6.07, 6.45) is 1.20. The van der Waals surface area contributed by atoms with Gasteiger partial charge in [-0.15, -0.1) is 0 Å². The molecule has 0 unspecified atom stereocenters. The maximum atomic E-state index is 13.3. The Hall–Kier alpha value is -3.55. The first-order valence-electron chi connectivity index (χ1n) is 8.24. The Bertz CT molecular complexity index is 1050. The van der Waals surface area contributed by atoms with Crippen LogP contribution in [0.2, 0.25) is 0 Å². The number of benzene rings is 2. The van der Waals surface area contributed by atoms with Crippen LogP contribution in [0.25, 0.3) is 10.9 Å². The Labute approximate surface area is 153 Å². The van der Waals surface area contributed by atoms with Crippen molar-refractivity contribution in [1.29, 1.82) is 0 Å². The van der Waals surface area contributed by atoms with Crippen LogP contribution in [0.1, 0.15) is 6.42 Å². The van der Waals surface area contributed by atoms with Crippen LogP contribution in [0.4, 0.5) is 10.1 Å². The van der Waals surface area contributed by atoms with Crippen LogP contribution in [0.5, 0.6) is 0 Å². The van der Waals surface area contributed by atoms with Crippen molar-refractivity contribution in [3.8, 4) is 0 Å². The lowest BCUT2D eigenvalue weighted by Crippen LogP contribution is -2.38. The maximum absolute atomic E-state index is 13.3. The molecule has 2 amide bonds. The van der Waals surface area contributed by atoms with Crippen LogP contribution in [-0.2, 0) is 16.1 Å². The summed E-state index contributed by atoms with van der Waals surface area (Å²) in [7, 11) is 0. The molecule has 0 saturated carbocycles. The zero-order valence-corrected chi connectivity index (χ0v) is 14.3. The highest BCUT2D eigenvalue weighted by Gasteiger charge is 2.18. The van der Waals surface area contributed by atoms with E-state index in [0.29, 0.717) is 5.69 Å². The summed E-state index contributed by atoms with van der Waals surface area (Å²) in [6, 6.07) is 12.4. The summed E-state index contributed by atoms with van der Waals surface area (Å²) < 4.78 is 14.4. The predicted molar refractivity (Wildman–Crippen MR) is 98.6 cm³/mol. The van der Waals surface area contributed by atoms with Crippen molar-refractivity contribution in [2.45, 2.75) is 13.0 Å². The van der Waals surface area contributed by atoms with E-state index in [1.165, 1.54) is 23.4 Å². The third-order valence-corrected chi connectivity index (χ3v) is 4.04. The lowest BCUT2D eigenvalue weighted by molar-refractivity contribution is -0.119. The van der Waals surface area contributed by atoms with E-state index in [4.69, 9.17) is 5.73 Å². The van der Waals surface area contributed by atoms with E-state index in [-0.39, 0.29) is 30.4 Å². The molecule has 0 atom stereocenters. The molecule has 8 heteroatoms. The van der Waals surface area contributed by atoms with E-state index in [1.807, 2.05) is 0 Å². The molecule has 3 rings (SSSR count). The summed E-state index contributed by atoms with van der Waals surface area (Å²) in [5.41, 5.74) is 5.56. The van der Waals surface area contributed by atoms with Crippen molar-refractivity contribution in [2.75, 3.05) is 11.4 Å². The zero-order chi connectivity index (χ0) is 19.4. The molecule has 0 bridgehead atoms. The molecule has 7 nitrogen and oxygen atoms in total. The molecule has 2 aromatic carbocycles. The van der Waals surface area contributed by atoms with Crippen LogP contribution in [0, 0.1) is 5.82 Å². The maximum Gasteiger partial charge on any atom is 0.261 e. The van der Waals surface area contributed by atoms with Crippen LogP contribution in [-0.4, -0.2) is 27.9 Å². The smallest absolute Gasteiger partial charge is 0.261 e. The first kappa shape index (κ1) is 18.2. The van der Waals surface area contributed by atoms with Gasteiger partial charge in [-0.1, -0.05) is 18.2 Å². The fourth-order valence-electron chi connectivity index (χ4n) is 2.70. The second-order valence-corrected chi connectivity index (χ2v) is 5.94. The number of hydrogen-bond donors (Lipinski definition) is 1. The molecule has 0 fully saturated rings. The molecule has 138 valence electrons. The van der Waals surface area contributed by atoms with E-state index in [9.17, 15) is 18.8 Å². The monoisotopic (exact) mass is 368 g/mol. The Kier molecular flexibility index (Phi) is 5.25. The molecule has 3 aromatic rings. The van der Waals surface area contributed by atoms with Crippen molar-refractivity contribution in [2.24, 2.45) is 5.73 Å². The first-order valence-corrected chi connectivity index (χ1v) is 8.24. The number of hydrogen-bond acceptors (Lipinski definition) is 4. The van der Waals surface area contributed by atoms with Crippen molar-refractivity contribution < 1.29 is 14.0 Å². The Balaban J connectivity index is 1.90. The van der Waals surface area contributed by atoms with Crippen molar-refractivity contribution in [3.05, 3.63) is 71.0 Å². The van der Waals surface area contributed by atoms with Crippen molar-refractivity contribution >= 4 is 28.4 Å². The number of aromatic nitrogens is 2. The molecule has 2 N–H and O–H groups in total. The van der Waals surface area contributed by atoms with E-state index in [2.05, 4.69) is 4.98 Å². The minimum absolute atomic E-state index is 0.00915. The largest absolute Gasteiger partial charge is 0.370 e. The summed E-state index contributed by atoms with van der Waals surface area (Å²) in [5.74, 6) is -1.42. The fourth-order valence-corrected chi connectivity index (χ4v) is 2.70. The lowest BCUT2D eigenvalue weighted by Gasteiger charge is -2.22. The Morgan fingerprint density at radius 2 is 1.89 bits per heavy atom. The Morgan fingerprint density at radius 1 is 1.15 bits per heavy atom. The number of carbonyl (C=O) groups excluding carboxylic acids is 2. The highest BCUT2D eigenvalue weighted by atomic mass is 19.1. The number of carbonyl (C=O) groups is 2. The van der Waals surface area contributed by atoms with Gasteiger partial charge in [0.25, 0.3) is 5.56 Å². The predicted octanol–water partition coefficient (Wildman–Crippen LogP) is 1.44. The van der Waals surface area contributed by atoms with Gasteiger partial charge < -0.3 is 10.6 Å². The van der Waals surface area contributed by atoms with Crippen LogP contribution >= 0.6 is 0 Å². The van der Waals surface area contributed by atoms with Gasteiger partial charge in [0.2, 0.25) is 11.8 Å². The van der Waals surface area contributed by atoms with Gasteiger partial charge in [-0.2, -0.15) is 0 Å². The summed E-state index contributed by atoms with van der Waals surface area (Å²) in [4.78, 5) is 41.9. The average Bonchev–Trinajstić information content (AvgIpc) is 2.65. The molecule has 1 heterocycles. The number of anilines is 1. The second-order valence-electron chi connectivity index (χ2n) is 5.94. The number of amides is 2. The minimum atomic E-state index is -0.532. The molecule has 0 aliphatic carbocycles. The topological polar surface area (TPSA) is 98.3 Å². The van der Waals surface area contributed by atoms with Gasteiger partial charge in [-0.25, -0.2) is 9.37 Å². The van der Waals surface area contributed by atoms with Crippen molar-refractivity contribution in [1.82, 2.24) is 9.55 Å². The molecular weight excluding hydrogens is 351 g/mol. The fraction of sp³-hybridized carbons (Fsp3) is 0.158. The highest BCUT2D eigenvalue weighted by molar-refractivity contribution is 5.94. The molecule has 0 radical (unpaired) electrons. The minimum Gasteiger partial charge on any atom is -0.370 e. The summed E-state index contributed by atoms with van der Waals surface area (Å²) in [6.45, 7) is -0.175. The quantitative estimate of drug-likeness (QED) is 0.712. The van der Waals surface area contributed by atoms with Gasteiger partial charge in [0.1, 0.15) is 12.4 Å². The van der Waals surface area contributed by atoms with Gasteiger partial charge in [0.05, 0.1) is 17.2 Å². The van der Waals surface area contributed by atoms with Crippen LogP contribution < -0.4 is 16.2 Å². The van der Waals surface area contributed by atoms with Gasteiger partial charge in [-0.3, -0.25) is 19.0 Å². The molecule has 1 aromatic heterocycles. The van der Waals surface area contributed by atoms with Gasteiger partial charge >= 0.3 is 0 Å². The van der Waals surface area contributed by atoms with Crippen molar-refractivity contribution in [3.63, 3.8) is 0 Å². The van der Waals surface area contributed by atoms with Crippen LogP contribution in [0.3, 0.4) is 0 Å². The van der Waals surface area contributed by atoms with E-state index in [0.717, 1.165) is 10.6 Å². The highest BCUT2D eigenvalue weighted by Crippen LogP contribution is 2.15.